The zero-order valence-corrected chi connectivity index (χ0v) is 16.2. The maximum absolute atomic E-state index is 12.9. The molecule has 0 spiro atoms. The van der Waals surface area contributed by atoms with Crippen molar-refractivity contribution < 1.29 is 9.53 Å². The van der Waals surface area contributed by atoms with Crippen molar-refractivity contribution in [2.45, 2.75) is 19.2 Å². The minimum Gasteiger partial charge on any atom is -0.496 e. The summed E-state index contributed by atoms with van der Waals surface area (Å²) in [4.78, 5) is 14.5. The summed E-state index contributed by atoms with van der Waals surface area (Å²) in [5.74, 6) is 0.886. The highest BCUT2D eigenvalue weighted by Gasteiger charge is 2.32. The SMILES string of the molecule is CCc1ccccc1N1C(=O)/C(=C\c2ccc(OC)c(CCl)c2)NC1=S. The molecule has 0 unspecified atom stereocenters. The van der Waals surface area contributed by atoms with Gasteiger partial charge in [-0.15, -0.1) is 11.6 Å². The first kappa shape index (κ1) is 18.4. The third kappa shape index (κ3) is 3.45. The number of carbonyl (C=O) groups is 1. The number of halogens is 1. The first-order valence-corrected chi connectivity index (χ1v) is 9.21. The Bertz CT molecular complexity index is 895. The number of anilines is 1. The molecule has 3 rings (SSSR count). The Morgan fingerprint density at radius 2 is 2.00 bits per heavy atom. The predicted molar refractivity (Wildman–Crippen MR) is 110 cm³/mol. The normalized spacial score (nSPS) is 15.5. The van der Waals surface area contributed by atoms with E-state index >= 15 is 0 Å². The molecule has 6 heteroatoms. The number of hydrogen-bond donors (Lipinski definition) is 1. The lowest BCUT2D eigenvalue weighted by Crippen LogP contribution is -2.31. The molecule has 0 aliphatic carbocycles. The lowest BCUT2D eigenvalue weighted by molar-refractivity contribution is -0.113. The number of benzene rings is 2. The summed E-state index contributed by atoms with van der Waals surface area (Å²) in [6.45, 7) is 2.05. The van der Waals surface area contributed by atoms with Gasteiger partial charge in [0, 0.05) is 5.56 Å². The van der Waals surface area contributed by atoms with Crippen LogP contribution in [0.5, 0.6) is 5.75 Å². The Labute approximate surface area is 163 Å². The number of alkyl halides is 1. The zero-order chi connectivity index (χ0) is 18.7. The van der Waals surface area contributed by atoms with Gasteiger partial charge in [-0.1, -0.05) is 31.2 Å². The molecule has 1 aliphatic rings. The van der Waals surface area contributed by atoms with E-state index in [1.165, 1.54) is 0 Å². The predicted octanol–water partition coefficient (Wildman–Crippen LogP) is 4.26. The van der Waals surface area contributed by atoms with Crippen LogP contribution in [0.1, 0.15) is 23.6 Å². The van der Waals surface area contributed by atoms with E-state index in [1.807, 2.05) is 42.5 Å². The van der Waals surface area contributed by atoms with Crippen molar-refractivity contribution >= 4 is 46.6 Å². The van der Waals surface area contributed by atoms with Gasteiger partial charge in [0.25, 0.3) is 5.91 Å². The number of para-hydroxylation sites is 1. The number of carbonyl (C=O) groups excluding carboxylic acids is 1. The fourth-order valence-electron chi connectivity index (χ4n) is 2.94. The van der Waals surface area contributed by atoms with E-state index in [2.05, 4.69) is 12.2 Å². The molecule has 1 N–H and O–H groups in total. The minimum atomic E-state index is -0.167. The van der Waals surface area contributed by atoms with Gasteiger partial charge in [-0.25, -0.2) is 0 Å². The van der Waals surface area contributed by atoms with Crippen LogP contribution in [0.25, 0.3) is 6.08 Å². The molecule has 0 radical (unpaired) electrons. The minimum absolute atomic E-state index is 0.167. The lowest BCUT2D eigenvalue weighted by Gasteiger charge is -2.17. The monoisotopic (exact) mass is 386 g/mol. The number of aryl methyl sites for hydroxylation is 1. The fraction of sp³-hybridized carbons (Fsp3) is 0.200. The molecule has 1 fully saturated rings. The van der Waals surface area contributed by atoms with Crippen LogP contribution in [0.4, 0.5) is 5.69 Å². The quantitative estimate of drug-likeness (QED) is 0.473. The summed E-state index contributed by atoms with van der Waals surface area (Å²) in [5.41, 5.74) is 4.04. The maximum atomic E-state index is 12.9. The number of amides is 1. The summed E-state index contributed by atoms with van der Waals surface area (Å²) in [6.07, 6.45) is 2.60. The van der Waals surface area contributed by atoms with E-state index in [0.717, 1.165) is 34.5 Å². The number of hydrogen-bond acceptors (Lipinski definition) is 3. The second-order valence-corrected chi connectivity index (χ2v) is 6.47. The number of rotatable bonds is 5. The van der Waals surface area contributed by atoms with E-state index in [4.69, 9.17) is 28.6 Å². The standard InChI is InChI=1S/C20H19ClN2O2S/c1-3-14-6-4-5-7-17(14)23-19(24)16(22-20(23)26)11-13-8-9-18(25-2)15(10-13)12-21/h4-11H,3,12H2,1-2H3,(H,22,26)/b16-11+. The highest BCUT2D eigenvalue weighted by Crippen LogP contribution is 2.27. The Morgan fingerprint density at radius 3 is 2.69 bits per heavy atom. The van der Waals surface area contributed by atoms with Crippen LogP contribution in [0, 0.1) is 0 Å². The molecule has 0 aromatic heterocycles. The number of nitrogens with one attached hydrogen (secondary N) is 1. The Kier molecular flexibility index (Phi) is 5.59. The van der Waals surface area contributed by atoms with Crippen LogP contribution in [-0.2, 0) is 17.1 Å². The molecular formula is C20H19ClN2O2S. The van der Waals surface area contributed by atoms with E-state index in [1.54, 1.807) is 18.1 Å². The van der Waals surface area contributed by atoms with Crippen molar-refractivity contribution in [3.63, 3.8) is 0 Å². The van der Waals surface area contributed by atoms with Gasteiger partial charge in [0.05, 0.1) is 18.7 Å². The molecule has 134 valence electrons. The van der Waals surface area contributed by atoms with E-state index in [9.17, 15) is 4.79 Å². The molecule has 1 heterocycles. The third-order valence-electron chi connectivity index (χ3n) is 4.25. The summed E-state index contributed by atoms with van der Waals surface area (Å²) < 4.78 is 5.28. The summed E-state index contributed by atoms with van der Waals surface area (Å²) in [5, 5.41) is 3.41. The summed E-state index contributed by atoms with van der Waals surface area (Å²) in [7, 11) is 1.60. The number of nitrogens with zero attached hydrogens (tertiary/aromatic N) is 1. The molecule has 1 amide bonds. The smallest absolute Gasteiger partial charge is 0.281 e. The van der Waals surface area contributed by atoms with Gasteiger partial charge in [0.2, 0.25) is 0 Å². The van der Waals surface area contributed by atoms with Gasteiger partial charge in [0.15, 0.2) is 5.11 Å². The van der Waals surface area contributed by atoms with Crippen molar-refractivity contribution in [1.29, 1.82) is 0 Å². The topological polar surface area (TPSA) is 41.6 Å². The Hall–Kier alpha value is -2.37. The Balaban J connectivity index is 1.95. The van der Waals surface area contributed by atoms with Gasteiger partial charge in [-0.05, 0) is 54.0 Å². The van der Waals surface area contributed by atoms with Crippen molar-refractivity contribution in [2.24, 2.45) is 0 Å². The molecule has 2 aromatic rings. The average Bonchev–Trinajstić information content (AvgIpc) is 2.94. The van der Waals surface area contributed by atoms with E-state index in [-0.39, 0.29) is 5.91 Å². The first-order chi connectivity index (χ1) is 12.6. The largest absolute Gasteiger partial charge is 0.496 e. The molecule has 1 saturated heterocycles. The summed E-state index contributed by atoms with van der Waals surface area (Å²) in [6, 6.07) is 13.4. The summed E-state index contributed by atoms with van der Waals surface area (Å²) >= 11 is 11.4. The van der Waals surface area contributed by atoms with Crippen molar-refractivity contribution in [3.8, 4) is 5.75 Å². The van der Waals surface area contributed by atoms with Crippen LogP contribution in [-0.4, -0.2) is 18.1 Å². The Morgan fingerprint density at radius 1 is 1.23 bits per heavy atom. The van der Waals surface area contributed by atoms with Crippen molar-refractivity contribution in [3.05, 3.63) is 64.9 Å². The van der Waals surface area contributed by atoms with Gasteiger partial charge in [0.1, 0.15) is 11.4 Å². The van der Waals surface area contributed by atoms with E-state index < -0.39 is 0 Å². The van der Waals surface area contributed by atoms with Gasteiger partial charge < -0.3 is 10.1 Å². The molecule has 0 saturated carbocycles. The number of methoxy groups -OCH3 is 1. The van der Waals surface area contributed by atoms with Gasteiger partial charge in [-0.2, -0.15) is 0 Å². The molecule has 0 atom stereocenters. The molecule has 1 aliphatic heterocycles. The van der Waals surface area contributed by atoms with Crippen LogP contribution in [0.2, 0.25) is 0 Å². The number of thiocarbonyl (C=S) groups is 1. The molecule has 26 heavy (non-hydrogen) atoms. The second kappa shape index (κ2) is 7.89. The van der Waals surface area contributed by atoms with Crippen LogP contribution in [0.3, 0.4) is 0 Å². The number of ether oxygens (including phenoxy) is 1. The third-order valence-corrected chi connectivity index (χ3v) is 4.82. The molecular weight excluding hydrogens is 368 g/mol. The average molecular weight is 387 g/mol. The maximum Gasteiger partial charge on any atom is 0.281 e. The highest BCUT2D eigenvalue weighted by molar-refractivity contribution is 7.80. The van der Waals surface area contributed by atoms with Crippen molar-refractivity contribution in [2.75, 3.05) is 12.0 Å². The molecule has 0 bridgehead atoms. The highest BCUT2D eigenvalue weighted by atomic mass is 35.5. The van der Waals surface area contributed by atoms with E-state index in [0.29, 0.717) is 16.7 Å². The second-order valence-electron chi connectivity index (χ2n) is 5.82. The zero-order valence-electron chi connectivity index (χ0n) is 14.6. The molecule has 4 nitrogen and oxygen atoms in total. The molecule has 2 aromatic carbocycles. The van der Waals surface area contributed by atoms with Gasteiger partial charge in [-0.3, -0.25) is 9.69 Å². The first-order valence-electron chi connectivity index (χ1n) is 8.27. The van der Waals surface area contributed by atoms with Crippen LogP contribution < -0.4 is 15.0 Å². The van der Waals surface area contributed by atoms with Crippen molar-refractivity contribution in [1.82, 2.24) is 5.32 Å². The lowest BCUT2D eigenvalue weighted by atomic mass is 10.1. The van der Waals surface area contributed by atoms with Crippen LogP contribution in [0.15, 0.2) is 48.2 Å². The van der Waals surface area contributed by atoms with Crippen LogP contribution >= 0.6 is 23.8 Å². The van der Waals surface area contributed by atoms with Gasteiger partial charge >= 0.3 is 0 Å². The fourth-order valence-corrected chi connectivity index (χ4v) is 3.44.